The highest BCUT2D eigenvalue weighted by Crippen LogP contribution is 2.24. The first-order chi connectivity index (χ1) is 17.0. The van der Waals surface area contributed by atoms with Gasteiger partial charge in [-0.05, 0) is 63.0 Å². The predicted molar refractivity (Wildman–Crippen MR) is 148 cm³/mol. The fourth-order valence-electron chi connectivity index (χ4n) is 3.74. The van der Waals surface area contributed by atoms with Gasteiger partial charge in [0.25, 0.3) is 0 Å². The van der Waals surface area contributed by atoms with E-state index in [9.17, 15) is 0 Å². The second kappa shape index (κ2) is 13.2. The fraction of sp³-hybridized carbons (Fsp3) is 0.333. The van der Waals surface area contributed by atoms with E-state index >= 15 is 0 Å². The zero-order chi connectivity index (χ0) is 25.2. The number of ether oxygens (including phenoxy) is 1. The monoisotopic (exact) mass is 494 g/mol. The van der Waals surface area contributed by atoms with Gasteiger partial charge >= 0.3 is 0 Å². The first kappa shape index (κ1) is 26.6. The van der Waals surface area contributed by atoms with Crippen molar-refractivity contribution in [3.63, 3.8) is 0 Å². The number of aryl methyl sites for hydroxylation is 1. The summed E-state index contributed by atoms with van der Waals surface area (Å²) in [5, 5.41) is 9.67. The number of fused-ring (bicyclic) bond motifs is 2. The Hall–Kier alpha value is -2.97. The van der Waals surface area contributed by atoms with Crippen LogP contribution in [0.25, 0.3) is 21.8 Å². The predicted octanol–water partition coefficient (Wildman–Crippen LogP) is 6.01. The van der Waals surface area contributed by atoms with E-state index in [1.807, 2.05) is 57.4 Å². The van der Waals surface area contributed by atoms with E-state index in [0.717, 1.165) is 39.8 Å². The minimum Gasteiger partial charge on any atom is -0.372 e. The fourth-order valence-corrected chi connectivity index (χ4v) is 3.91. The largest absolute Gasteiger partial charge is 0.372 e. The van der Waals surface area contributed by atoms with Crippen LogP contribution in [-0.2, 0) is 4.74 Å². The number of nitrogens with one attached hydrogen (secondary N) is 2. The molecule has 35 heavy (non-hydrogen) atoms. The van der Waals surface area contributed by atoms with E-state index < -0.39 is 0 Å². The maximum Gasteiger partial charge on any atom is 0.118 e. The van der Waals surface area contributed by atoms with Crippen molar-refractivity contribution in [2.75, 3.05) is 51.5 Å². The average Bonchev–Trinajstić information content (AvgIpc) is 2.86. The molecular formula is C27H35ClN6O. The molecule has 0 saturated carbocycles. The molecule has 0 amide bonds. The van der Waals surface area contributed by atoms with Gasteiger partial charge in [0.2, 0.25) is 0 Å². The van der Waals surface area contributed by atoms with Gasteiger partial charge in [-0.1, -0.05) is 37.6 Å². The number of anilines is 2. The Labute approximate surface area is 213 Å². The molecule has 7 nitrogen and oxygen atoms in total. The SMILES string of the molecule is CC.Cc1ccc2c(NCOCN(C)CN(C)CNc3ccnc4cc(Cl)ccc34)ccnc2c1. The third-order valence-corrected chi connectivity index (χ3v) is 5.54. The molecule has 2 aromatic carbocycles. The lowest BCUT2D eigenvalue weighted by Gasteiger charge is -2.25. The summed E-state index contributed by atoms with van der Waals surface area (Å²) in [4.78, 5) is 13.1. The highest BCUT2D eigenvalue weighted by atomic mass is 35.5. The molecule has 8 heteroatoms. The Morgan fingerprint density at radius 1 is 0.829 bits per heavy atom. The Morgan fingerprint density at radius 2 is 1.46 bits per heavy atom. The summed E-state index contributed by atoms with van der Waals surface area (Å²) < 4.78 is 5.83. The molecule has 186 valence electrons. The maximum atomic E-state index is 6.08. The number of nitrogens with zero attached hydrogens (tertiary/aromatic N) is 4. The van der Waals surface area contributed by atoms with E-state index in [0.29, 0.717) is 25.2 Å². The molecule has 2 N–H and O–H groups in total. The normalized spacial score (nSPS) is 11.1. The van der Waals surface area contributed by atoms with Gasteiger partial charge < -0.3 is 15.4 Å². The molecule has 0 atom stereocenters. The molecule has 0 fully saturated rings. The third-order valence-electron chi connectivity index (χ3n) is 5.30. The molecular weight excluding hydrogens is 460 g/mol. The van der Waals surface area contributed by atoms with Crippen LogP contribution in [0.2, 0.25) is 5.02 Å². The number of hydrogen-bond acceptors (Lipinski definition) is 7. The number of hydrogen-bond donors (Lipinski definition) is 2. The molecule has 0 aliphatic carbocycles. The van der Waals surface area contributed by atoms with Crippen LogP contribution in [0, 0.1) is 6.92 Å². The molecule has 0 saturated heterocycles. The van der Waals surface area contributed by atoms with Crippen LogP contribution in [0.3, 0.4) is 0 Å². The van der Waals surface area contributed by atoms with Gasteiger partial charge in [-0.25, -0.2) is 0 Å². The van der Waals surface area contributed by atoms with Crippen molar-refractivity contribution >= 4 is 44.8 Å². The summed E-state index contributed by atoms with van der Waals surface area (Å²) in [6.45, 7) is 8.44. The summed E-state index contributed by atoms with van der Waals surface area (Å²) in [6, 6.07) is 16.0. The zero-order valence-corrected chi connectivity index (χ0v) is 21.9. The van der Waals surface area contributed by atoms with Crippen LogP contribution in [0.4, 0.5) is 11.4 Å². The van der Waals surface area contributed by atoms with Crippen molar-refractivity contribution in [2.45, 2.75) is 20.8 Å². The number of benzene rings is 2. The van der Waals surface area contributed by atoms with Gasteiger partial charge in [0, 0.05) is 39.6 Å². The average molecular weight is 495 g/mol. The number of halogens is 1. The molecule has 0 bridgehead atoms. The topological polar surface area (TPSA) is 65.6 Å². The minimum atomic E-state index is 0.421. The first-order valence-electron chi connectivity index (χ1n) is 11.8. The molecule has 0 unspecified atom stereocenters. The Morgan fingerprint density at radius 3 is 2.17 bits per heavy atom. The molecule has 0 aliphatic heterocycles. The molecule has 4 rings (SSSR count). The van der Waals surface area contributed by atoms with Crippen LogP contribution in [0.1, 0.15) is 19.4 Å². The Bertz CT molecular complexity index is 1230. The van der Waals surface area contributed by atoms with Crippen molar-refractivity contribution in [3.05, 3.63) is 71.5 Å². The third kappa shape index (κ3) is 7.50. The Kier molecular flexibility index (Phi) is 10.0. The molecule has 0 spiro atoms. The molecule has 4 aromatic rings. The van der Waals surface area contributed by atoms with Crippen molar-refractivity contribution in [3.8, 4) is 0 Å². The first-order valence-corrected chi connectivity index (χ1v) is 12.2. The second-order valence-electron chi connectivity index (χ2n) is 8.24. The summed E-state index contributed by atoms with van der Waals surface area (Å²) >= 11 is 6.08. The van der Waals surface area contributed by atoms with E-state index in [2.05, 4.69) is 62.6 Å². The summed E-state index contributed by atoms with van der Waals surface area (Å²) in [5.41, 5.74) is 5.12. The lowest BCUT2D eigenvalue weighted by molar-refractivity contribution is 0.0281. The molecule has 2 aromatic heterocycles. The number of aromatic nitrogens is 2. The van der Waals surface area contributed by atoms with Crippen LogP contribution < -0.4 is 10.6 Å². The molecule has 0 aliphatic rings. The molecule has 2 heterocycles. The Balaban J connectivity index is 0.00000167. The van der Waals surface area contributed by atoms with Crippen molar-refractivity contribution in [1.29, 1.82) is 0 Å². The van der Waals surface area contributed by atoms with Gasteiger partial charge in [-0.3, -0.25) is 19.8 Å². The second-order valence-corrected chi connectivity index (χ2v) is 8.68. The van der Waals surface area contributed by atoms with Gasteiger partial charge in [0.15, 0.2) is 0 Å². The minimum absolute atomic E-state index is 0.421. The zero-order valence-electron chi connectivity index (χ0n) is 21.2. The van der Waals surface area contributed by atoms with E-state index in [4.69, 9.17) is 16.3 Å². The van der Waals surface area contributed by atoms with E-state index in [1.54, 1.807) is 6.20 Å². The lowest BCUT2D eigenvalue weighted by Crippen LogP contribution is -2.37. The smallest absolute Gasteiger partial charge is 0.118 e. The standard InChI is InChI=1S/C25H29ClN6O.C2H6/c1-18-4-6-20-23(9-11-27-24(20)12-18)30-15-33-17-32(3)16-31(2)14-29-22-8-10-28-25-13-19(26)5-7-21(22)25;1-2/h4-13H,14-17H2,1-3H3,(H,27,30)(H,28,29);1-2H3. The van der Waals surface area contributed by atoms with Crippen molar-refractivity contribution in [2.24, 2.45) is 0 Å². The van der Waals surface area contributed by atoms with Crippen molar-refractivity contribution < 1.29 is 4.74 Å². The summed E-state index contributed by atoms with van der Waals surface area (Å²) in [7, 11) is 4.10. The van der Waals surface area contributed by atoms with Crippen molar-refractivity contribution in [1.82, 2.24) is 19.8 Å². The van der Waals surface area contributed by atoms with E-state index in [-0.39, 0.29) is 0 Å². The summed E-state index contributed by atoms with van der Waals surface area (Å²) in [6.07, 6.45) is 3.61. The van der Waals surface area contributed by atoms with E-state index in [1.165, 1.54) is 5.56 Å². The lowest BCUT2D eigenvalue weighted by atomic mass is 10.1. The van der Waals surface area contributed by atoms with Crippen LogP contribution in [0.15, 0.2) is 60.9 Å². The van der Waals surface area contributed by atoms with Crippen LogP contribution in [0.5, 0.6) is 0 Å². The van der Waals surface area contributed by atoms with Crippen LogP contribution >= 0.6 is 11.6 Å². The van der Waals surface area contributed by atoms with Gasteiger partial charge in [-0.15, -0.1) is 0 Å². The number of rotatable bonds is 10. The van der Waals surface area contributed by atoms with Gasteiger partial charge in [0.1, 0.15) is 13.5 Å². The molecule has 0 radical (unpaired) electrons. The van der Waals surface area contributed by atoms with Gasteiger partial charge in [0.05, 0.1) is 24.4 Å². The van der Waals surface area contributed by atoms with Gasteiger partial charge in [-0.2, -0.15) is 0 Å². The highest BCUT2D eigenvalue weighted by Gasteiger charge is 2.07. The van der Waals surface area contributed by atoms with Crippen LogP contribution in [-0.4, -0.2) is 60.7 Å². The highest BCUT2D eigenvalue weighted by molar-refractivity contribution is 6.31. The quantitative estimate of drug-likeness (QED) is 0.207. The maximum absolute atomic E-state index is 6.08. The summed E-state index contributed by atoms with van der Waals surface area (Å²) in [5.74, 6) is 0. The number of pyridine rings is 2.